The Morgan fingerprint density at radius 2 is 2.00 bits per heavy atom. The van der Waals surface area contributed by atoms with Gasteiger partial charge in [0, 0.05) is 17.7 Å². The Kier molecular flexibility index (Phi) is 3.89. The number of hydrogen-bond acceptors (Lipinski definition) is 3. The highest BCUT2D eigenvalue weighted by molar-refractivity contribution is 9.09. The third-order valence-electron chi connectivity index (χ3n) is 2.71. The van der Waals surface area contributed by atoms with E-state index in [0.717, 1.165) is 17.6 Å². The molecule has 1 atom stereocenters. The van der Waals surface area contributed by atoms with E-state index < -0.39 is 0 Å². The first-order chi connectivity index (χ1) is 8.19. The Balaban J connectivity index is 2.13. The minimum Gasteiger partial charge on any atom is -0.167 e. The third-order valence-corrected chi connectivity index (χ3v) is 3.50. The summed E-state index contributed by atoms with van der Waals surface area (Å²) in [6, 6.07) is 8.60. The van der Waals surface area contributed by atoms with Gasteiger partial charge in [-0.05, 0) is 17.7 Å². The molecule has 17 heavy (non-hydrogen) atoms. The quantitative estimate of drug-likeness (QED) is 0.813. The molecule has 0 saturated heterocycles. The van der Waals surface area contributed by atoms with Crippen LogP contribution in [-0.4, -0.2) is 25.5 Å². The van der Waals surface area contributed by atoms with E-state index in [4.69, 9.17) is 0 Å². The summed E-state index contributed by atoms with van der Waals surface area (Å²) in [6.45, 7) is 2.09. The summed E-state index contributed by atoms with van der Waals surface area (Å²) in [5.74, 6) is 1.18. The lowest BCUT2D eigenvalue weighted by Gasteiger charge is -2.12. The van der Waals surface area contributed by atoms with Crippen LogP contribution >= 0.6 is 15.9 Å². The number of benzene rings is 1. The molecule has 0 N–H and O–H groups in total. The maximum Gasteiger partial charge on any atom is 0.175 e. The van der Waals surface area contributed by atoms with E-state index in [2.05, 4.69) is 62.5 Å². The van der Waals surface area contributed by atoms with Crippen LogP contribution in [0, 0.1) is 6.92 Å². The minimum absolute atomic E-state index is 0.389. The number of tetrazole rings is 1. The standard InChI is InChI=1S/C12H15BrN4/c1-9-3-5-10(6-4-9)11(8-13)7-12-14-16-17(2)15-12/h3-6,11H,7-8H2,1-2H3. The first-order valence-electron chi connectivity index (χ1n) is 5.54. The Morgan fingerprint density at radius 1 is 1.29 bits per heavy atom. The largest absolute Gasteiger partial charge is 0.175 e. The molecule has 4 nitrogen and oxygen atoms in total. The Labute approximate surface area is 109 Å². The average molecular weight is 295 g/mol. The van der Waals surface area contributed by atoms with Crippen LogP contribution in [0.2, 0.25) is 0 Å². The molecule has 1 aromatic carbocycles. The Bertz CT molecular complexity index is 478. The Hall–Kier alpha value is -1.23. The molecule has 0 aliphatic rings. The van der Waals surface area contributed by atoms with Crippen molar-refractivity contribution in [1.82, 2.24) is 20.2 Å². The van der Waals surface area contributed by atoms with Crippen LogP contribution in [0.1, 0.15) is 22.9 Å². The fourth-order valence-electron chi connectivity index (χ4n) is 1.73. The fraction of sp³-hybridized carbons (Fsp3) is 0.417. The molecule has 0 radical (unpaired) electrons. The van der Waals surface area contributed by atoms with Gasteiger partial charge in [0.1, 0.15) is 0 Å². The van der Waals surface area contributed by atoms with Crippen molar-refractivity contribution in [2.45, 2.75) is 19.3 Å². The number of halogens is 1. The predicted molar refractivity (Wildman–Crippen MR) is 70.2 cm³/mol. The van der Waals surface area contributed by atoms with E-state index in [9.17, 15) is 0 Å². The summed E-state index contributed by atoms with van der Waals surface area (Å²) in [5.41, 5.74) is 2.58. The molecule has 0 amide bonds. The van der Waals surface area contributed by atoms with E-state index in [1.54, 1.807) is 7.05 Å². The summed E-state index contributed by atoms with van der Waals surface area (Å²) in [5, 5.41) is 13.0. The zero-order valence-electron chi connectivity index (χ0n) is 9.97. The van der Waals surface area contributed by atoms with Crippen molar-refractivity contribution < 1.29 is 0 Å². The molecular formula is C12H15BrN4. The molecule has 0 aliphatic carbocycles. The molecule has 90 valence electrons. The number of nitrogens with zero attached hydrogens (tertiary/aromatic N) is 4. The highest BCUT2D eigenvalue weighted by atomic mass is 79.9. The van der Waals surface area contributed by atoms with Crippen molar-refractivity contribution >= 4 is 15.9 Å². The van der Waals surface area contributed by atoms with Gasteiger partial charge in [-0.3, -0.25) is 0 Å². The van der Waals surface area contributed by atoms with E-state index >= 15 is 0 Å². The first-order valence-corrected chi connectivity index (χ1v) is 6.66. The third kappa shape index (κ3) is 3.12. The second-order valence-electron chi connectivity index (χ2n) is 4.16. The van der Waals surface area contributed by atoms with Crippen LogP contribution in [-0.2, 0) is 13.5 Å². The van der Waals surface area contributed by atoms with Crippen LogP contribution < -0.4 is 0 Å². The van der Waals surface area contributed by atoms with Crippen LogP contribution in [0.15, 0.2) is 24.3 Å². The zero-order valence-corrected chi connectivity index (χ0v) is 11.6. The van der Waals surface area contributed by atoms with Crippen molar-refractivity contribution in [3.63, 3.8) is 0 Å². The van der Waals surface area contributed by atoms with Gasteiger partial charge in [-0.25, -0.2) is 0 Å². The van der Waals surface area contributed by atoms with E-state index in [0.29, 0.717) is 5.92 Å². The van der Waals surface area contributed by atoms with Gasteiger partial charge in [-0.15, -0.1) is 10.2 Å². The molecule has 0 aliphatic heterocycles. The van der Waals surface area contributed by atoms with Gasteiger partial charge in [-0.1, -0.05) is 45.8 Å². The smallest absolute Gasteiger partial charge is 0.167 e. The molecule has 0 bridgehead atoms. The van der Waals surface area contributed by atoms with Crippen LogP contribution in [0.4, 0.5) is 0 Å². The number of alkyl halides is 1. The second kappa shape index (κ2) is 5.40. The number of aromatic nitrogens is 4. The van der Waals surface area contributed by atoms with E-state index in [1.165, 1.54) is 15.9 Å². The van der Waals surface area contributed by atoms with Crippen molar-refractivity contribution in [2.75, 3.05) is 5.33 Å². The topological polar surface area (TPSA) is 43.6 Å². The molecule has 5 heteroatoms. The van der Waals surface area contributed by atoms with Gasteiger partial charge in [0.25, 0.3) is 0 Å². The molecule has 2 rings (SSSR count). The van der Waals surface area contributed by atoms with E-state index in [1.807, 2.05) is 0 Å². The SMILES string of the molecule is Cc1ccc(C(CBr)Cc2nnn(C)n2)cc1. The summed E-state index contributed by atoms with van der Waals surface area (Å²) in [7, 11) is 1.78. The van der Waals surface area contributed by atoms with Crippen LogP contribution in [0.5, 0.6) is 0 Å². The first kappa shape index (κ1) is 12.2. The summed E-state index contributed by atoms with van der Waals surface area (Å²) in [4.78, 5) is 1.50. The molecule has 1 aromatic heterocycles. The van der Waals surface area contributed by atoms with Gasteiger partial charge < -0.3 is 0 Å². The normalized spacial score (nSPS) is 12.6. The highest BCUT2D eigenvalue weighted by Crippen LogP contribution is 2.21. The molecule has 2 aromatic rings. The second-order valence-corrected chi connectivity index (χ2v) is 4.81. The van der Waals surface area contributed by atoms with Gasteiger partial charge >= 0.3 is 0 Å². The summed E-state index contributed by atoms with van der Waals surface area (Å²) >= 11 is 3.55. The maximum atomic E-state index is 4.22. The van der Waals surface area contributed by atoms with Gasteiger partial charge in [0.05, 0.1) is 7.05 Å². The molecule has 1 unspecified atom stereocenters. The highest BCUT2D eigenvalue weighted by Gasteiger charge is 2.13. The maximum absolute atomic E-state index is 4.22. The summed E-state index contributed by atoms with van der Waals surface area (Å²) in [6.07, 6.45) is 0.808. The minimum atomic E-state index is 0.389. The van der Waals surface area contributed by atoms with Gasteiger partial charge in [0.15, 0.2) is 5.82 Å². The average Bonchev–Trinajstić information content (AvgIpc) is 2.73. The zero-order chi connectivity index (χ0) is 12.3. The lowest BCUT2D eigenvalue weighted by molar-refractivity contribution is 0.625. The van der Waals surface area contributed by atoms with Crippen LogP contribution in [0.3, 0.4) is 0 Å². The summed E-state index contributed by atoms with van der Waals surface area (Å²) < 4.78 is 0. The van der Waals surface area contributed by atoms with Crippen molar-refractivity contribution in [3.05, 3.63) is 41.2 Å². The molecule has 0 fully saturated rings. The molecule has 0 spiro atoms. The van der Waals surface area contributed by atoms with E-state index in [-0.39, 0.29) is 0 Å². The Morgan fingerprint density at radius 3 is 2.53 bits per heavy atom. The number of rotatable bonds is 4. The fourth-order valence-corrected chi connectivity index (χ4v) is 2.33. The van der Waals surface area contributed by atoms with Gasteiger partial charge in [-0.2, -0.15) is 4.80 Å². The monoisotopic (exact) mass is 294 g/mol. The number of aryl methyl sites for hydroxylation is 2. The van der Waals surface area contributed by atoms with Crippen molar-refractivity contribution in [1.29, 1.82) is 0 Å². The van der Waals surface area contributed by atoms with Crippen molar-refractivity contribution in [3.8, 4) is 0 Å². The molecule has 1 heterocycles. The number of hydrogen-bond donors (Lipinski definition) is 0. The lowest BCUT2D eigenvalue weighted by atomic mass is 9.97. The predicted octanol–water partition coefficient (Wildman–Crippen LogP) is 2.24. The van der Waals surface area contributed by atoms with Crippen molar-refractivity contribution in [2.24, 2.45) is 7.05 Å². The molecule has 0 saturated carbocycles. The van der Waals surface area contributed by atoms with Gasteiger partial charge in [0.2, 0.25) is 0 Å². The lowest BCUT2D eigenvalue weighted by Crippen LogP contribution is -2.06. The molecular weight excluding hydrogens is 280 g/mol. The van der Waals surface area contributed by atoms with Crippen LogP contribution in [0.25, 0.3) is 0 Å².